The first kappa shape index (κ1) is 21.9. The third-order valence-electron chi connectivity index (χ3n) is 3.70. The van der Waals surface area contributed by atoms with Gasteiger partial charge in [-0.1, -0.05) is 6.07 Å². The normalized spacial score (nSPS) is 11.3. The molecular weight excluding hydrogens is 381 g/mol. The lowest BCUT2D eigenvalue weighted by Crippen LogP contribution is -2.30. The predicted octanol–water partition coefficient (Wildman–Crippen LogP) is 3.59. The zero-order valence-corrected chi connectivity index (χ0v) is 16.4. The molecular formula is C21H22FNO6. The predicted molar refractivity (Wildman–Crippen MR) is 103 cm³/mol. The van der Waals surface area contributed by atoms with Crippen molar-refractivity contribution in [2.45, 2.75) is 26.9 Å². The summed E-state index contributed by atoms with van der Waals surface area (Å²) in [5.74, 6) is -2.19. The van der Waals surface area contributed by atoms with Gasteiger partial charge >= 0.3 is 11.9 Å². The van der Waals surface area contributed by atoms with E-state index in [0.717, 1.165) is 0 Å². The molecule has 2 rings (SSSR count). The Labute approximate surface area is 167 Å². The number of esters is 2. The van der Waals surface area contributed by atoms with Gasteiger partial charge in [-0.25, -0.2) is 14.0 Å². The van der Waals surface area contributed by atoms with Crippen molar-refractivity contribution in [1.82, 2.24) is 0 Å². The van der Waals surface area contributed by atoms with E-state index in [9.17, 15) is 18.8 Å². The fourth-order valence-corrected chi connectivity index (χ4v) is 2.40. The first-order valence-corrected chi connectivity index (χ1v) is 9.06. The van der Waals surface area contributed by atoms with Crippen LogP contribution < -0.4 is 10.1 Å². The Morgan fingerprint density at radius 1 is 0.966 bits per heavy atom. The Balaban J connectivity index is 2.21. The zero-order chi connectivity index (χ0) is 21.4. The van der Waals surface area contributed by atoms with E-state index in [4.69, 9.17) is 14.2 Å². The van der Waals surface area contributed by atoms with Gasteiger partial charge in [0.15, 0.2) is 6.10 Å². The van der Waals surface area contributed by atoms with E-state index < -0.39 is 29.8 Å². The number of halogens is 1. The first-order chi connectivity index (χ1) is 13.8. The lowest BCUT2D eigenvalue weighted by atomic mass is 10.1. The molecule has 0 radical (unpaired) electrons. The number of hydrogen-bond donors (Lipinski definition) is 1. The van der Waals surface area contributed by atoms with Crippen LogP contribution in [0, 0.1) is 5.82 Å². The number of nitrogens with one attached hydrogen (secondary N) is 1. The van der Waals surface area contributed by atoms with Crippen LogP contribution in [0.15, 0.2) is 42.5 Å². The summed E-state index contributed by atoms with van der Waals surface area (Å²) in [5.41, 5.74) is 0.452. The highest BCUT2D eigenvalue weighted by Crippen LogP contribution is 2.21. The zero-order valence-electron chi connectivity index (χ0n) is 16.4. The van der Waals surface area contributed by atoms with Gasteiger partial charge in [-0.3, -0.25) is 4.79 Å². The highest BCUT2D eigenvalue weighted by atomic mass is 19.1. The molecule has 7 nitrogen and oxygen atoms in total. The minimum atomic E-state index is -0.995. The second-order valence-electron chi connectivity index (χ2n) is 5.95. The van der Waals surface area contributed by atoms with E-state index in [1.54, 1.807) is 13.8 Å². The van der Waals surface area contributed by atoms with Crippen LogP contribution in [-0.2, 0) is 14.3 Å². The van der Waals surface area contributed by atoms with E-state index in [1.165, 1.54) is 49.4 Å². The Kier molecular flexibility index (Phi) is 7.70. The van der Waals surface area contributed by atoms with Crippen molar-refractivity contribution in [2.75, 3.05) is 18.5 Å². The number of amides is 1. The van der Waals surface area contributed by atoms with Crippen LogP contribution in [0.5, 0.6) is 5.75 Å². The summed E-state index contributed by atoms with van der Waals surface area (Å²) in [7, 11) is 0. The molecule has 0 spiro atoms. The Bertz CT molecular complexity index is 862. The van der Waals surface area contributed by atoms with E-state index in [-0.39, 0.29) is 35.8 Å². The molecule has 0 saturated heterocycles. The van der Waals surface area contributed by atoms with Crippen molar-refractivity contribution in [3.05, 3.63) is 59.4 Å². The summed E-state index contributed by atoms with van der Waals surface area (Å²) < 4.78 is 28.8. The molecule has 0 aliphatic heterocycles. The fraction of sp³-hybridized carbons (Fsp3) is 0.286. The molecule has 8 heteroatoms. The average Bonchev–Trinajstić information content (AvgIpc) is 2.68. The van der Waals surface area contributed by atoms with Crippen LogP contribution >= 0.6 is 0 Å². The second kappa shape index (κ2) is 10.2. The van der Waals surface area contributed by atoms with Crippen molar-refractivity contribution in [2.24, 2.45) is 0 Å². The Morgan fingerprint density at radius 3 is 2.07 bits per heavy atom. The van der Waals surface area contributed by atoms with Gasteiger partial charge in [0.2, 0.25) is 0 Å². The van der Waals surface area contributed by atoms with Crippen LogP contribution in [0.1, 0.15) is 41.5 Å². The molecule has 154 valence electrons. The lowest BCUT2D eigenvalue weighted by molar-refractivity contribution is -0.122. The van der Waals surface area contributed by atoms with Crippen LogP contribution in [0.3, 0.4) is 0 Å². The number of anilines is 1. The SMILES string of the molecule is CCOC(=O)c1cc(O[C@@H](C)C(=O)Nc2cccc(F)c2)cc(C(=O)OCC)c1. The average molecular weight is 403 g/mol. The lowest BCUT2D eigenvalue weighted by Gasteiger charge is -2.16. The molecule has 2 aromatic carbocycles. The first-order valence-electron chi connectivity index (χ1n) is 9.06. The number of carbonyl (C=O) groups excluding carboxylic acids is 3. The molecule has 2 aromatic rings. The maximum atomic E-state index is 13.3. The number of benzene rings is 2. The van der Waals surface area contributed by atoms with Crippen LogP contribution in [0.25, 0.3) is 0 Å². The quantitative estimate of drug-likeness (QED) is 0.678. The van der Waals surface area contributed by atoms with Crippen LogP contribution in [0.2, 0.25) is 0 Å². The van der Waals surface area contributed by atoms with Crippen molar-refractivity contribution in [3.8, 4) is 5.75 Å². The molecule has 0 bridgehead atoms. The van der Waals surface area contributed by atoms with Gasteiger partial charge in [-0.05, 0) is 57.2 Å². The summed E-state index contributed by atoms with van der Waals surface area (Å²) in [4.78, 5) is 36.5. The molecule has 0 aliphatic rings. The highest BCUT2D eigenvalue weighted by Gasteiger charge is 2.19. The van der Waals surface area contributed by atoms with Gasteiger partial charge in [0.1, 0.15) is 11.6 Å². The van der Waals surface area contributed by atoms with Crippen molar-refractivity contribution in [1.29, 1.82) is 0 Å². The number of hydrogen-bond acceptors (Lipinski definition) is 6. The van der Waals surface area contributed by atoms with Crippen molar-refractivity contribution < 1.29 is 33.0 Å². The molecule has 0 heterocycles. The number of rotatable bonds is 8. The molecule has 0 saturated carbocycles. The molecule has 0 fully saturated rings. The van der Waals surface area contributed by atoms with Gasteiger partial charge in [-0.15, -0.1) is 0 Å². The number of ether oxygens (including phenoxy) is 3. The largest absolute Gasteiger partial charge is 0.481 e. The van der Waals surface area contributed by atoms with E-state index in [1.807, 2.05) is 0 Å². The smallest absolute Gasteiger partial charge is 0.338 e. The maximum Gasteiger partial charge on any atom is 0.338 e. The summed E-state index contributed by atoms with van der Waals surface area (Å²) in [6.45, 7) is 5.11. The van der Waals surface area contributed by atoms with Crippen LogP contribution in [-0.4, -0.2) is 37.2 Å². The fourth-order valence-electron chi connectivity index (χ4n) is 2.40. The highest BCUT2D eigenvalue weighted by molar-refractivity contribution is 5.96. The van der Waals surface area contributed by atoms with E-state index in [0.29, 0.717) is 0 Å². The molecule has 1 atom stereocenters. The third-order valence-corrected chi connectivity index (χ3v) is 3.70. The standard InChI is InChI=1S/C21H22FNO6/c1-4-27-20(25)14-9-15(21(26)28-5-2)11-18(10-14)29-13(3)19(24)23-17-8-6-7-16(22)12-17/h6-13H,4-5H2,1-3H3,(H,23,24)/t13-/m0/s1. The van der Waals surface area contributed by atoms with Gasteiger partial charge in [0, 0.05) is 5.69 Å². The van der Waals surface area contributed by atoms with Gasteiger partial charge in [0.05, 0.1) is 24.3 Å². The summed E-state index contributed by atoms with van der Waals surface area (Å²) >= 11 is 0. The molecule has 1 amide bonds. The summed E-state index contributed by atoms with van der Waals surface area (Å²) in [5, 5.41) is 2.53. The van der Waals surface area contributed by atoms with Gasteiger partial charge in [0.25, 0.3) is 5.91 Å². The second-order valence-corrected chi connectivity index (χ2v) is 5.95. The third kappa shape index (κ3) is 6.31. The monoisotopic (exact) mass is 403 g/mol. The minimum absolute atomic E-state index is 0.0881. The summed E-state index contributed by atoms with van der Waals surface area (Å²) in [6, 6.07) is 9.50. The molecule has 1 N–H and O–H groups in total. The van der Waals surface area contributed by atoms with Gasteiger partial charge in [-0.2, -0.15) is 0 Å². The Hall–Kier alpha value is -3.42. The van der Waals surface area contributed by atoms with Crippen LogP contribution in [0.4, 0.5) is 10.1 Å². The maximum absolute atomic E-state index is 13.3. The number of carbonyl (C=O) groups is 3. The van der Waals surface area contributed by atoms with Crippen molar-refractivity contribution >= 4 is 23.5 Å². The topological polar surface area (TPSA) is 90.9 Å². The molecule has 0 unspecified atom stereocenters. The molecule has 0 aliphatic carbocycles. The molecule has 29 heavy (non-hydrogen) atoms. The molecule has 0 aromatic heterocycles. The Morgan fingerprint density at radius 2 is 1.55 bits per heavy atom. The summed E-state index contributed by atoms with van der Waals surface area (Å²) in [6.07, 6.45) is -0.995. The van der Waals surface area contributed by atoms with E-state index >= 15 is 0 Å². The van der Waals surface area contributed by atoms with Crippen molar-refractivity contribution in [3.63, 3.8) is 0 Å². The van der Waals surface area contributed by atoms with Gasteiger partial charge < -0.3 is 19.5 Å². The van der Waals surface area contributed by atoms with E-state index in [2.05, 4.69) is 5.32 Å². The minimum Gasteiger partial charge on any atom is -0.481 e.